The number of carbonyl (C=O) groups excluding carboxylic acids is 1. The maximum Gasteiger partial charge on any atom is 0.313 e. The highest BCUT2D eigenvalue weighted by molar-refractivity contribution is 7.19. The minimum Gasteiger partial charge on any atom is -0.497 e. The lowest BCUT2D eigenvalue weighted by Crippen LogP contribution is -2.17. The first-order valence-corrected chi connectivity index (χ1v) is 11.1. The molecule has 1 aliphatic carbocycles. The molecule has 5 heteroatoms. The fourth-order valence-corrected chi connectivity index (χ4v) is 5.87. The normalized spacial score (nSPS) is 14.1. The van der Waals surface area contributed by atoms with E-state index in [9.17, 15) is 4.79 Å². The Balaban J connectivity index is 2.05. The van der Waals surface area contributed by atoms with Crippen molar-refractivity contribution in [3.63, 3.8) is 0 Å². The standard InChI is InChI=1S/C24H27NO3S/c1-5-7-18(24(26)28-4)20-14(2)25-23-22(17-8-6-9-19(17)29-23)21(20)15-10-12-16(27-3)13-11-15/h10-13,18H,5-9H2,1-4H3. The molecule has 1 atom stereocenters. The van der Waals surface area contributed by atoms with Crippen molar-refractivity contribution in [1.82, 2.24) is 4.98 Å². The van der Waals surface area contributed by atoms with Gasteiger partial charge in [0.2, 0.25) is 0 Å². The van der Waals surface area contributed by atoms with Crippen LogP contribution in [-0.4, -0.2) is 25.2 Å². The van der Waals surface area contributed by atoms with E-state index >= 15 is 0 Å². The van der Waals surface area contributed by atoms with E-state index in [1.54, 1.807) is 7.11 Å². The fraction of sp³-hybridized carbons (Fsp3) is 0.417. The second-order valence-electron chi connectivity index (χ2n) is 7.62. The largest absolute Gasteiger partial charge is 0.497 e. The minimum absolute atomic E-state index is 0.183. The average molecular weight is 410 g/mol. The van der Waals surface area contributed by atoms with Crippen molar-refractivity contribution in [3.05, 3.63) is 46.0 Å². The van der Waals surface area contributed by atoms with Gasteiger partial charge in [0.05, 0.1) is 20.1 Å². The minimum atomic E-state index is -0.309. The Hall–Kier alpha value is -2.40. The number of carbonyl (C=O) groups is 1. The van der Waals surface area contributed by atoms with Gasteiger partial charge in [-0.25, -0.2) is 4.98 Å². The first kappa shape index (κ1) is 19.9. The molecule has 0 aliphatic heterocycles. The molecule has 3 aromatic rings. The highest BCUT2D eigenvalue weighted by atomic mass is 32.1. The van der Waals surface area contributed by atoms with E-state index in [4.69, 9.17) is 14.5 Å². The number of hydrogen-bond acceptors (Lipinski definition) is 5. The summed E-state index contributed by atoms with van der Waals surface area (Å²) >= 11 is 1.81. The lowest BCUT2D eigenvalue weighted by atomic mass is 9.84. The van der Waals surface area contributed by atoms with E-state index in [0.29, 0.717) is 0 Å². The van der Waals surface area contributed by atoms with Crippen LogP contribution >= 0.6 is 11.3 Å². The van der Waals surface area contributed by atoms with E-state index in [-0.39, 0.29) is 11.9 Å². The van der Waals surface area contributed by atoms with Gasteiger partial charge in [-0.3, -0.25) is 4.79 Å². The van der Waals surface area contributed by atoms with Gasteiger partial charge in [-0.1, -0.05) is 25.5 Å². The topological polar surface area (TPSA) is 48.4 Å². The third-order valence-corrected chi connectivity index (χ3v) is 7.06. The van der Waals surface area contributed by atoms with E-state index in [0.717, 1.165) is 58.6 Å². The molecule has 2 aromatic heterocycles. The molecule has 152 valence electrons. The van der Waals surface area contributed by atoms with Gasteiger partial charge < -0.3 is 9.47 Å². The highest BCUT2D eigenvalue weighted by Gasteiger charge is 2.31. The number of thiophene rings is 1. The highest BCUT2D eigenvalue weighted by Crippen LogP contribution is 2.46. The molecule has 4 nitrogen and oxygen atoms in total. The number of aryl methyl sites for hydroxylation is 3. The van der Waals surface area contributed by atoms with Crippen LogP contribution < -0.4 is 4.74 Å². The van der Waals surface area contributed by atoms with Gasteiger partial charge in [-0.15, -0.1) is 11.3 Å². The number of ether oxygens (including phenoxy) is 2. The zero-order valence-corrected chi connectivity index (χ0v) is 18.3. The number of fused-ring (bicyclic) bond motifs is 3. The third-order valence-electron chi connectivity index (χ3n) is 5.87. The van der Waals surface area contributed by atoms with E-state index in [1.165, 1.54) is 29.4 Å². The molecule has 0 amide bonds. The van der Waals surface area contributed by atoms with Gasteiger partial charge in [-0.2, -0.15) is 0 Å². The van der Waals surface area contributed by atoms with Crippen molar-refractivity contribution in [1.29, 1.82) is 0 Å². The number of benzene rings is 1. The van der Waals surface area contributed by atoms with Crippen molar-refractivity contribution >= 4 is 27.5 Å². The van der Waals surface area contributed by atoms with Crippen LogP contribution in [0.4, 0.5) is 0 Å². The molecule has 0 fully saturated rings. The lowest BCUT2D eigenvalue weighted by Gasteiger charge is -2.22. The predicted octanol–water partition coefficient (Wildman–Crippen LogP) is 5.83. The lowest BCUT2D eigenvalue weighted by molar-refractivity contribution is -0.142. The Labute approximate surface area is 175 Å². The van der Waals surface area contributed by atoms with Gasteiger partial charge >= 0.3 is 5.97 Å². The zero-order chi connectivity index (χ0) is 20.5. The molecule has 0 radical (unpaired) electrons. The Bertz CT molecular complexity index is 1050. The summed E-state index contributed by atoms with van der Waals surface area (Å²) in [5.74, 6) is 0.333. The predicted molar refractivity (Wildman–Crippen MR) is 118 cm³/mol. The van der Waals surface area contributed by atoms with Crippen molar-refractivity contribution in [2.24, 2.45) is 0 Å². The molecule has 0 bridgehead atoms. The third kappa shape index (κ3) is 3.42. The number of pyridine rings is 1. The maximum absolute atomic E-state index is 12.8. The summed E-state index contributed by atoms with van der Waals surface area (Å²) in [5, 5.41) is 1.23. The van der Waals surface area contributed by atoms with Crippen LogP contribution in [0.15, 0.2) is 24.3 Å². The summed E-state index contributed by atoms with van der Waals surface area (Å²) in [6, 6.07) is 8.16. The summed E-state index contributed by atoms with van der Waals surface area (Å²) < 4.78 is 10.6. The van der Waals surface area contributed by atoms with Crippen LogP contribution in [0.25, 0.3) is 21.3 Å². The van der Waals surface area contributed by atoms with E-state index in [1.807, 2.05) is 30.4 Å². The van der Waals surface area contributed by atoms with Gasteiger partial charge in [-0.05, 0) is 67.0 Å². The number of aromatic nitrogens is 1. The summed E-state index contributed by atoms with van der Waals surface area (Å²) in [6.07, 6.45) is 5.05. The van der Waals surface area contributed by atoms with E-state index < -0.39 is 0 Å². The first-order valence-electron chi connectivity index (χ1n) is 10.3. The number of methoxy groups -OCH3 is 2. The molecule has 0 N–H and O–H groups in total. The van der Waals surface area contributed by atoms with Crippen LogP contribution in [0, 0.1) is 6.92 Å². The molecule has 0 saturated heterocycles. The van der Waals surface area contributed by atoms with Crippen molar-refractivity contribution < 1.29 is 14.3 Å². The molecule has 1 unspecified atom stereocenters. The molecule has 2 heterocycles. The van der Waals surface area contributed by atoms with Crippen LogP contribution in [-0.2, 0) is 22.4 Å². The molecule has 4 rings (SSSR count). The number of nitrogens with zero attached hydrogens (tertiary/aromatic N) is 1. The molecular formula is C24H27NO3S. The second-order valence-corrected chi connectivity index (χ2v) is 8.70. The summed E-state index contributed by atoms with van der Waals surface area (Å²) in [7, 11) is 3.15. The van der Waals surface area contributed by atoms with Crippen LogP contribution in [0.5, 0.6) is 5.75 Å². The summed E-state index contributed by atoms with van der Waals surface area (Å²) in [4.78, 5) is 20.3. The number of esters is 1. The average Bonchev–Trinajstić information content (AvgIpc) is 3.32. The van der Waals surface area contributed by atoms with Crippen LogP contribution in [0.1, 0.15) is 53.8 Å². The Morgan fingerprint density at radius 3 is 2.62 bits per heavy atom. The molecule has 29 heavy (non-hydrogen) atoms. The quantitative estimate of drug-likeness (QED) is 0.481. The Morgan fingerprint density at radius 1 is 1.21 bits per heavy atom. The Morgan fingerprint density at radius 2 is 1.97 bits per heavy atom. The van der Waals surface area contributed by atoms with E-state index in [2.05, 4.69) is 19.1 Å². The SMILES string of the molecule is CCCC(C(=O)OC)c1c(C)nc2sc3c(c2c1-c1ccc(OC)cc1)CCC3. The van der Waals surface area contributed by atoms with Gasteiger partial charge in [0.25, 0.3) is 0 Å². The summed E-state index contributed by atoms with van der Waals surface area (Å²) in [6.45, 7) is 4.13. The smallest absolute Gasteiger partial charge is 0.313 e. The molecule has 0 saturated carbocycles. The Kier molecular flexibility index (Phi) is 5.59. The molecule has 1 aliphatic rings. The second kappa shape index (κ2) is 8.15. The van der Waals surface area contributed by atoms with Gasteiger partial charge in [0.1, 0.15) is 10.6 Å². The molecule has 0 spiro atoms. The van der Waals surface area contributed by atoms with Gasteiger partial charge in [0.15, 0.2) is 0 Å². The van der Waals surface area contributed by atoms with Crippen molar-refractivity contribution in [2.75, 3.05) is 14.2 Å². The first-order chi connectivity index (χ1) is 14.1. The zero-order valence-electron chi connectivity index (χ0n) is 17.5. The fourth-order valence-electron chi connectivity index (χ4n) is 4.55. The van der Waals surface area contributed by atoms with Gasteiger partial charge in [0, 0.05) is 16.0 Å². The number of hydrogen-bond donors (Lipinski definition) is 0. The van der Waals surface area contributed by atoms with Crippen molar-refractivity contribution in [2.45, 2.75) is 51.9 Å². The summed E-state index contributed by atoms with van der Waals surface area (Å²) in [5.41, 5.74) is 5.62. The van der Waals surface area contributed by atoms with Crippen LogP contribution in [0.3, 0.4) is 0 Å². The van der Waals surface area contributed by atoms with Crippen molar-refractivity contribution in [3.8, 4) is 16.9 Å². The number of rotatable bonds is 6. The maximum atomic E-state index is 12.8. The molecular weight excluding hydrogens is 382 g/mol. The molecule has 1 aromatic carbocycles. The van der Waals surface area contributed by atoms with Crippen LogP contribution in [0.2, 0.25) is 0 Å². The monoisotopic (exact) mass is 409 g/mol.